The van der Waals surface area contributed by atoms with E-state index in [0.29, 0.717) is 40.0 Å². The topological polar surface area (TPSA) is 103 Å². The molecule has 1 aliphatic carbocycles. The number of benzene rings is 1. The molecule has 0 bridgehead atoms. The van der Waals surface area contributed by atoms with Crippen LogP contribution < -0.4 is 5.32 Å². The predicted octanol–water partition coefficient (Wildman–Crippen LogP) is 3.82. The van der Waals surface area contributed by atoms with Gasteiger partial charge in [-0.1, -0.05) is 0 Å². The molecule has 0 unspecified atom stereocenters. The van der Waals surface area contributed by atoms with E-state index in [0.717, 1.165) is 22.4 Å². The Morgan fingerprint density at radius 1 is 1.03 bits per heavy atom. The quantitative estimate of drug-likeness (QED) is 0.488. The van der Waals surface area contributed by atoms with E-state index in [4.69, 9.17) is 0 Å². The van der Waals surface area contributed by atoms with Crippen molar-refractivity contribution in [3.05, 3.63) is 77.4 Å². The molecule has 7 nitrogen and oxygen atoms in total. The Labute approximate surface area is 177 Å². The minimum Gasteiger partial charge on any atom is -0.388 e. The second kappa shape index (κ2) is 7.05. The Hall–Kier alpha value is -4.56. The first-order valence-corrected chi connectivity index (χ1v) is 9.46. The zero-order chi connectivity index (χ0) is 21.5. The second-order valence-corrected chi connectivity index (χ2v) is 7.11. The van der Waals surface area contributed by atoms with E-state index >= 15 is 0 Å². The molecule has 3 heterocycles. The number of aromatic nitrogens is 4. The van der Waals surface area contributed by atoms with Crippen LogP contribution in [0.1, 0.15) is 22.4 Å². The molecule has 0 fully saturated rings. The van der Waals surface area contributed by atoms with Crippen LogP contribution in [0.25, 0.3) is 27.9 Å². The molecule has 8 heteroatoms. The molecule has 0 amide bonds. The summed E-state index contributed by atoms with van der Waals surface area (Å²) in [5, 5.41) is 26.0. The number of pyridine rings is 2. The summed E-state index contributed by atoms with van der Waals surface area (Å²) in [6.07, 6.45) is 8.47. The molecule has 5 rings (SSSR count). The highest BCUT2D eigenvalue weighted by Crippen LogP contribution is 2.45. The van der Waals surface area contributed by atoms with Crippen LogP contribution in [0, 0.1) is 28.5 Å². The maximum atomic E-state index is 14.4. The van der Waals surface area contributed by atoms with Crippen LogP contribution in [0.5, 0.6) is 0 Å². The fourth-order valence-corrected chi connectivity index (χ4v) is 4.00. The highest BCUT2D eigenvalue weighted by molar-refractivity contribution is 5.92. The fourth-order valence-electron chi connectivity index (χ4n) is 4.00. The number of hydrogen-bond donors (Lipinski definition) is 1. The van der Waals surface area contributed by atoms with E-state index in [-0.39, 0.29) is 5.82 Å². The van der Waals surface area contributed by atoms with E-state index in [1.165, 1.54) is 24.5 Å². The summed E-state index contributed by atoms with van der Waals surface area (Å²) < 4.78 is 16.1. The lowest BCUT2D eigenvalue weighted by atomic mass is 9.98. The summed E-state index contributed by atoms with van der Waals surface area (Å²) in [6, 6.07) is 8.86. The number of rotatable bonds is 3. The van der Waals surface area contributed by atoms with Crippen molar-refractivity contribution < 1.29 is 4.39 Å². The zero-order valence-corrected chi connectivity index (χ0v) is 16.4. The van der Waals surface area contributed by atoms with Crippen molar-refractivity contribution in [3.8, 4) is 40.1 Å². The molecular weight excluding hydrogens is 393 g/mol. The van der Waals surface area contributed by atoms with Gasteiger partial charge in [0.2, 0.25) is 0 Å². The third-order valence-corrected chi connectivity index (χ3v) is 5.35. The molecule has 0 aliphatic heterocycles. The fraction of sp³-hybridized carbons (Fsp3) is 0.0870. The van der Waals surface area contributed by atoms with Crippen molar-refractivity contribution in [1.82, 2.24) is 19.7 Å². The van der Waals surface area contributed by atoms with Gasteiger partial charge < -0.3 is 5.32 Å². The van der Waals surface area contributed by atoms with Crippen molar-refractivity contribution in [3.63, 3.8) is 0 Å². The normalized spacial score (nSPS) is 11.4. The van der Waals surface area contributed by atoms with E-state index < -0.39 is 0 Å². The van der Waals surface area contributed by atoms with Gasteiger partial charge >= 0.3 is 0 Å². The molecule has 1 aromatic carbocycles. The number of hydrogen-bond acceptors (Lipinski definition) is 6. The third kappa shape index (κ3) is 2.90. The summed E-state index contributed by atoms with van der Waals surface area (Å²) >= 11 is 0. The van der Waals surface area contributed by atoms with Crippen LogP contribution in [0.15, 0.2) is 49.2 Å². The van der Waals surface area contributed by atoms with Gasteiger partial charge in [0.1, 0.15) is 18.0 Å². The lowest BCUT2D eigenvalue weighted by Crippen LogP contribution is -2.03. The van der Waals surface area contributed by atoms with E-state index in [1.807, 2.05) is 0 Å². The largest absolute Gasteiger partial charge is 0.388 e. The SMILES string of the molecule is CNc1cc(F)cc2c1Cc1ncc(-c3cncc(C#N)c3)c(-n3cc(C#N)cn3)c1-2. The maximum Gasteiger partial charge on any atom is 0.125 e. The number of anilines is 1. The molecule has 0 atom stereocenters. The zero-order valence-electron chi connectivity index (χ0n) is 16.4. The molecule has 0 saturated heterocycles. The first-order valence-electron chi connectivity index (χ1n) is 9.46. The van der Waals surface area contributed by atoms with Crippen LogP contribution in [0.2, 0.25) is 0 Å². The Morgan fingerprint density at radius 2 is 1.87 bits per heavy atom. The number of nitriles is 2. The van der Waals surface area contributed by atoms with Gasteiger partial charge in [-0.25, -0.2) is 9.07 Å². The van der Waals surface area contributed by atoms with Crippen molar-refractivity contribution in [2.45, 2.75) is 6.42 Å². The summed E-state index contributed by atoms with van der Waals surface area (Å²) in [7, 11) is 1.75. The number of fused-ring (bicyclic) bond motifs is 3. The summed E-state index contributed by atoms with van der Waals surface area (Å²) in [6.45, 7) is 0. The first kappa shape index (κ1) is 18.5. The van der Waals surface area contributed by atoms with Crippen LogP contribution in [0.4, 0.5) is 10.1 Å². The van der Waals surface area contributed by atoms with Crippen LogP contribution in [-0.4, -0.2) is 26.8 Å². The second-order valence-electron chi connectivity index (χ2n) is 7.11. The maximum absolute atomic E-state index is 14.4. The molecule has 1 aliphatic rings. The van der Waals surface area contributed by atoms with E-state index in [2.05, 4.69) is 32.5 Å². The van der Waals surface area contributed by atoms with E-state index in [1.54, 1.807) is 36.4 Å². The van der Waals surface area contributed by atoms with Gasteiger partial charge in [-0.15, -0.1) is 0 Å². The minimum absolute atomic E-state index is 0.362. The standard InChI is InChI=1S/C23H14FN7/c1-27-20-4-16(24)3-18-17(20)5-21-22(18)23(31-12-14(7-26)9-30-31)19(11-29-21)15-2-13(6-25)8-28-10-15/h2-4,8-12,27H,5H2,1H3. The van der Waals surface area contributed by atoms with Gasteiger partial charge in [0.05, 0.1) is 28.7 Å². The monoisotopic (exact) mass is 407 g/mol. The van der Waals surface area contributed by atoms with Crippen molar-refractivity contribution in [1.29, 1.82) is 10.5 Å². The molecule has 3 aromatic heterocycles. The predicted molar refractivity (Wildman–Crippen MR) is 112 cm³/mol. The molecule has 31 heavy (non-hydrogen) atoms. The Balaban J connectivity index is 1.86. The smallest absolute Gasteiger partial charge is 0.125 e. The molecular formula is C23H14FN7. The Kier molecular flexibility index (Phi) is 4.20. The van der Waals surface area contributed by atoms with Crippen LogP contribution in [-0.2, 0) is 6.42 Å². The molecule has 148 valence electrons. The highest BCUT2D eigenvalue weighted by atomic mass is 19.1. The molecule has 0 radical (unpaired) electrons. The van der Waals surface area contributed by atoms with Gasteiger partial charge in [0, 0.05) is 60.6 Å². The van der Waals surface area contributed by atoms with E-state index in [9.17, 15) is 14.9 Å². The van der Waals surface area contributed by atoms with Crippen LogP contribution >= 0.6 is 0 Å². The number of halogens is 1. The Morgan fingerprint density at radius 3 is 2.61 bits per heavy atom. The van der Waals surface area contributed by atoms with Crippen molar-refractivity contribution in [2.24, 2.45) is 0 Å². The average Bonchev–Trinajstić information content (AvgIpc) is 3.42. The molecule has 1 N–H and O–H groups in total. The lowest BCUT2D eigenvalue weighted by molar-refractivity contribution is 0.628. The molecule has 0 spiro atoms. The average molecular weight is 407 g/mol. The van der Waals surface area contributed by atoms with Crippen LogP contribution in [0.3, 0.4) is 0 Å². The minimum atomic E-state index is -0.362. The lowest BCUT2D eigenvalue weighted by Gasteiger charge is -2.15. The van der Waals surface area contributed by atoms with Crippen molar-refractivity contribution in [2.75, 3.05) is 12.4 Å². The van der Waals surface area contributed by atoms with Gasteiger partial charge in [0.15, 0.2) is 0 Å². The van der Waals surface area contributed by atoms with Gasteiger partial charge in [-0.3, -0.25) is 9.97 Å². The summed E-state index contributed by atoms with van der Waals surface area (Å²) in [5.41, 5.74) is 6.73. The number of nitrogens with one attached hydrogen (secondary N) is 1. The van der Waals surface area contributed by atoms with Gasteiger partial charge in [-0.2, -0.15) is 15.6 Å². The summed E-state index contributed by atoms with van der Waals surface area (Å²) in [5.74, 6) is -0.362. The van der Waals surface area contributed by atoms with Crippen molar-refractivity contribution >= 4 is 5.69 Å². The molecule has 0 saturated carbocycles. The van der Waals surface area contributed by atoms with Gasteiger partial charge in [0.25, 0.3) is 0 Å². The highest BCUT2D eigenvalue weighted by Gasteiger charge is 2.29. The third-order valence-electron chi connectivity index (χ3n) is 5.35. The molecule has 4 aromatic rings. The van der Waals surface area contributed by atoms with Gasteiger partial charge in [-0.05, 0) is 29.3 Å². The Bertz CT molecular complexity index is 1440. The first-order chi connectivity index (χ1) is 15.1. The summed E-state index contributed by atoms with van der Waals surface area (Å²) in [4.78, 5) is 8.82. The number of nitrogens with zero attached hydrogens (tertiary/aromatic N) is 6.